The molecule has 0 saturated heterocycles. The minimum Gasteiger partial charge on any atom is -0.398 e. The number of nitrogens with one attached hydrogen (secondary N) is 1. The standard InChI is InChI=1S/C15H14ClF3N2/c1-8-3-4-10(15(17,18)19)6-13(8)21-14-7-11(16)12(20)5-9(14)2/h3-7,21H,20H2,1-2H3. The highest BCUT2D eigenvalue weighted by Crippen LogP contribution is 2.34. The molecule has 0 aliphatic carbocycles. The second kappa shape index (κ2) is 5.48. The van der Waals surface area contributed by atoms with Crippen molar-refractivity contribution in [3.05, 3.63) is 52.0 Å². The van der Waals surface area contributed by atoms with E-state index in [1.54, 1.807) is 26.0 Å². The minimum atomic E-state index is -4.38. The van der Waals surface area contributed by atoms with Gasteiger partial charge < -0.3 is 11.1 Å². The van der Waals surface area contributed by atoms with Crippen molar-refractivity contribution >= 4 is 28.7 Å². The molecule has 0 atom stereocenters. The van der Waals surface area contributed by atoms with Crippen molar-refractivity contribution < 1.29 is 13.2 Å². The fourth-order valence-corrected chi connectivity index (χ4v) is 2.08. The Labute approximate surface area is 125 Å². The maximum Gasteiger partial charge on any atom is 0.416 e. The number of alkyl halides is 3. The summed E-state index contributed by atoms with van der Waals surface area (Å²) in [5.41, 5.74) is 7.93. The third kappa shape index (κ3) is 3.42. The zero-order valence-electron chi connectivity index (χ0n) is 11.5. The number of aryl methyl sites for hydroxylation is 2. The molecule has 0 aromatic heterocycles. The molecule has 2 aromatic carbocycles. The first-order valence-electron chi connectivity index (χ1n) is 6.19. The lowest BCUT2D eigenvalue weighted by Crippen LogP contribution is -2.06. The van der Waals surface area contributed by atoms with Crippen LogP contribution in [0.2, 0.25) is 5.02 Å². The zero-order chi connectivity index (χ0) is 15.8. The van der Waals surface area contributed by atoms with Gasteiger partial charge in [0.25, 0.3) is 0 Å². The van der Waals surface area contributed by atoms with Crippen molar-refractivity contribution in [1.82, 2.24) is 0 Å². The van der Waals surface area contributed by atoms with Crippen molar-refractivity contribution in [2.24, 2.45) is 0 Å². The summed E-state index contributed by atoms with van der Waals surface area (Å²) < 4.78 is 38.3. The van der Waals surface area contributed by atoms with Crippen LogP contribution in [0.4, 0.5) is 30.2 Å². The highest BCUT2D eigenvalue weighted by Gasteiger charge is 2.30. The van der Waals surface area contributed by atoms with Crippen LogP contribution in [0.1, 0.15) is 16.7 Å². The third-order valence-corrected chi connectivity index (χ3v) is 3.51. The Morgan fingerprint density at radius 1 is 1.00 bits per heavy atom. The van der Waals surface area contributed by atoms with Crippen molar-refractivity contribution in [3.8, 4) is 0 Å². The van der Waals surface area contributed by atoms with Gasteiger partial charge in [-0.15, -0.1) is 0 Å². The predicted octanol–water partition coefficient (Wildman–Crippen LogP) is 5.30. The Bertz CT molecular complexity index is 681. The van der Waals surface area contributed by atoms with E-state index in [-0.39, 0.29) is 0 Å². The van der Waals surface area contributed by atoms with E-state index in [1.165, 1.54) is 6.07 Å². The first kappa shape index (κ1) is 15.5. The number of halogens is 4. The maximum absolute atomic E-state index is 12.8. The summed E-state index contributed by atoms with van der Waals surface area (Å²) in [6, 6.07) is 6.85. The van der Waals surface area contributed by atoms with E-state index < -0.39 is 11.7 Å². The molecule has 2 aromatic rings. The summed E-state index contributed by atoms with van der Waals surface area (Å²) in [5, 5.41) is 3.34. The number of hydrogen-bond donors (Lipinski definition) is 2. The van der Waals surface area contributed by atoms with Crippen LogP contribution < -0.4 is 11.1 Å². The largest absolute Gasteiger partial charge is 0.416 e. The van der Waals surface area contributed by atoms with E-state index in [1.807, 2.05) is 0 Å². The lowest BCUT2D eigenvalue weighted by Gasteiger charge is -2.15. The van der Waals surface area contributed by atoms with Gasteiger partial charge in [-0.25, -0.2) is 0 Å². The van der Waals surface area contributed by atoms with Crippen LogP contribution in [0.5, 0.6) is 0 Å². The van der Waals surface area contributed by atoms with Crippen LogP contribution in [0.3, 0.4) is 0 Å². The predicted molar refractivity (Wildman–Crippen MR) is 80.1 cm³/mol. The van der Waals surface area contributed by atoms with Crippen molar-refractivity contribution in [3.63, 3.8) is 0 Å². The molecule has 0 unspecified atom stereocenters. The fourth-order valence-electron chi connectivity index (χ4n) is 1.92. The Balaban J connectivity index is 2.42. The highest BCUT2D eigenvalue weighted by molar-refractivity contribution is 6.33. The quantitative estimate of drug-likeness (QED) is 0.738. The number of anilines is 3. The molecule has 0 heterocycles. The Hall–Kier alpha value is -1.88. The average Bonchev–Trinajstić information content (AvgIpc) is 2.37. The monoisotopic (exact) mass is 314 g/mol. The van der Waals surface area contributed by atoms with E-state index in [9.17, 15) is 13.2 Å². The van der Waals surface area contributed by atoms with Gasteiger partial charge in [-0.1, -0.05) is 17.7 Å². The van der Waals surface area contributed by atoms with Gasteiger partial charge in [-0.2, -0.15) is 13.2 Å². The molecular formula is C15H14ClF3N2. The second-order valence-corrected chi connectivity index (χ2v) is 5.25. The van der Waals surface area contributed by atoms with Gasteiger partial charge in [0.1, 0.15) is 0 Å². The van der Waals surface area contributed by atoms with Crippen molar-refractivity contribution in [2.75, 3.05) is 11.1 Å². The smallest absolute Gasteiger partial charge is 0.398 e. The summed E-state index contributed by atoms with van der Waals surface area (Å²) >= 11 is 5.95. The molecule has 2 rings (SSSR count). The normalized spacial score (nSPS) is 11.5. The summed E-state index contributed by atoms with van der Waals surface area (Å²) in [6.07, 6.45) is -4.38. The fraction of sp³-hybridized carbons (Fsp3) is 0.200. The number of nitrogen functional groups attached to an aromatic ring is 1. The molecule has 3 N–H and O–H groups in total. The zero-order valence-corrected chi connectivity index (χ0v) is 12.2. The molecule has 0 bridgehead atoms. The Morgan fingerprint density at radius 2 is 1.62 bits per heavy atom. The van der Waals surface area contributed by atoms with Gasteiger partial charge in [0.15, 0.2) is 0 Å². The number of rotatable bonds is 2. The molecule has 21 heavy (non-hydrogen) atoms. The first-order chi connectivity index (χ1) is 9.68. The second-order valence-electron chi connectivity index (χ2n) is 4.84. The summed E-state index contributed by atoms with van der Waals surface area (Å²) in [6.45, 7) is 3.54. The van der Waals surface area contributed by atoms with Crippen LogP contribution in [-0.2, 0) is 6.18 Å². The highest BCUT2D eigenvalue weighted by atomic mass is 35.5. The third-order valence-electron chi connectivity index (χ3n) is 3.18. The minimum absolute atomic E-state index is 0.354. The van der Waals surface area contributed by atoms with Crippen LogP contribution in [0, 0.1) is 13.8 Å². The molecule has 0 spiro atoms. The number of hydrogen-bond acceptors (Lipinski definition) is 2. The molecule has 0 saturated carbocycles. The summed E-state index contributed by atoms with van der Waals surface area (Å²) in [4.78, 5) is 0. The van der Waals surface area contributed by atoms with Crippen molar-refractivity contribution in [2.45, 2.75) is 20.0 Å². The number of benzene rings is 2. The van der Waals surface area contributed by atoms with Gasteiger partial charge in [0, 0.05) is 11.4 Å². The van der Waals surface area contributed by atoms with E-state index in [0.29, 0.717) is 27.6 Å². The Morgan fingerprint density at radius 3 is 2.24 bits per heavy atom. The van der Waals surface area contributed by atoms with Crippen LogP contribution >= 0.6 is 11.6 Å². The number of nitrogens with two attached hydrogens (primary N) is 1. The molecule has 2 nitrogen and oxygen atoms in total. The van der Waals surface area contributed by atoms with Crippen molar-refractivity contribution in [1.29, 1.82) is 0 Å². The Kier molecular flexibility index (Phi) is 4.05. The lowest BCUT2D eigenvalue weighted by atomic mass is 10.1. The molecule has 0 aliphatic heterocycles. The summed E-state index contributed by atoms with van der Waals surface area (Å²) in [5.74, 6) is 0. The van der Waals surface area contributed by atoms with Crippen LogP contribution in [0.25, 0.3) is 0 Å². The molecule has 0 fully saturated rings. The SMILES string of the molecule is Cc1ccc(C(F)(F)F)cc1Nc1cc(Cl)c(N)cc1C. The van der Waals surface area contributed by atoms with Crippen LogP contribution in [-0.4, -0.2) is 0 Å². The van der Waals surface area contributed by atoms with Gasteiger partial charge in [0.05, 0.1) is 16.3 Å². The first-order valence-corrected chi connectivity index (χ1v) is 6.57. The van der Waals surface area contributed by atoms with Crippen LogP contribution in [0.15, 0.2) is 30.3 Å². The molecule has 0 radical (unpaired) electrons. The van der Waals surface area contributed by atoms with E-state index in [4.69, 9.17) is 17.3 Å². The molecule has 112 valence electrons. The van der Waals surface area contributed by atoms with E-state index >= 15 is 0 Å². The summed E-state index contributed by atoms with van der Waals surface area (Å²) in [7, 11) is 0. The molecule has 0 amide bonds. The van der Waals surface area contributed by atoms with Gasteiger partial charge in [0.2, 0.25) is 0 Å². The molecule has 6 heteroatoms. The molecular weight excluding hydrogens is 301 g/mol. The van der Waals surface area contributed by atoms with E-state index in [2.05, 4.69) is 5.32 Å². The topological polar surface area (TPSA) is 38.0 Å². The lowest BCUT2D eigenvalue weighted by molar-refractivity contribution is -0.137. The van der Waals surface area contributed by atoms with E-state index in [0.717, 1.165) is 17.7 Å². The van der Waals surface area contributed by atoms with Gasteiger partial charge in [-0.05, 0) is 49.2 Å². The molecule has 0 aliphatic rings. The van der Waals surface area contributed by atoms with Gasteiger partial charge in [-0.3, -0.25) is 0 Å². The average molecular weight is 315 g/mol. The van der Waals surface area contributed by atoms with Gasteiger partial charge >= 0.3 is 6.18 Å². The maximum atomic E-state index is 12.8.